The van der Waals surface area contributed by atoms with E-state index in [0.29, 0.717) is 6.54 Å². The minimum atomic E-state index is -0.539. The van der Waals surface area contributed by atoms with Crippen LogP contribution in [0.4, 0.5) is 11.4 Å². The van der Waals surface area contributed by atoms with Crippen molar-refractivity contribution in [2.45, 2.75) is 19.3 Å². The van der Waals surface area contributed by atoms with Crippen LogP contribution in [0, 0.1) is 0 Å². The largest absolute Gasteiger partial charge is 0.465 e. The van der Waals surface area contributed by atoms with Crippen molar-refractivity contribution >= 4 is 40.8 Å². The molecule has 0 aromatic heterocycles. The first kappa shape index (κ1) is 18.9. The van der Waals surface area contributed by atoms with E-state index in [1.54, 1.807) is 4.90 Å². The molecule has 0 saturated carbocycles. The molecule has 0 spiro atoms. The number of amides is 2. The third-order valence-corrected chi connectivity index (χ3v) is 4.71. The van der Waals surface area contributed by atoms with Crippen molar-refractivity contribution < 1.29 is 19.1 Å². The van der Waals surface area contributed by atoms with Crippen LogP contribution < -0.4 is 10.2 Å². The Morgan fingerprint density at radius 2 is 1.96 bits per heavy atom. The van der Waals surface area contributed by atoms with Gasteiger partial charge in [0.15, 0.2) is 0 Å². The smallest absolute Gasteiger partial charge is 0.337 e. The first-order valence-corrected chi connectivity index (χ1v) is 8.93. The monoisotopic (exact) mass is 386 g/mol. The van der Waals surface area contributed by atoms with Crippen LogP contribution >= 0.6 is 11.6 Å². The minimum Gasteiger partial charge on any atom is -0.465 e. The quantitative estimate of drug-likeness (QED) is 0.645. The van der Waals surface area contributed by atoms with Crippen molar-refractivity contribution in [1.29, 1.82) is 0 Å². The Labute approximate surface area is 162 Å². The fourth-order valence-electron chi connectivity index (χ4n) is 3.09. The molecular formula is C20H19ClN2O4. The Hall–Kier alpha value is -2.86. The highest BCUT2D eigenvalue weighted by Crippen LogP contribution is 2.28. The lowest BCUT2D eigenvalue weighted by molar-refractivity contribution is -0.125. The van der Waals surface area contributed by atoms with E-state index in [1.807, 2.05) is 24.3 Å². The van der Waals surface area contributed by atoms with Gasteiger partial charge in [-0.15, -0.1) is 0 Å². The molecule has 140 valence electrons. The highest BCUT2D eigenvalue weighted by atomic mass is 35.5. The van der Waals surface area contributed by atoms with E-state index < -0.39 is 11.9 Å². The lowest BCUT2D eigenvalue weighted by Crippen LogP contribution is -2.37. The third-order valence-electron chi connectivity index (χ3n) is 4.38. The molecule has 6 nitrogen and oxygen atoms in total. The average Bonchev–Trinajstić information content (AvgIpc) is 2.68. The summed E-state index contributed by atoms with van der Waals surface area (Å²) in [6.07, 6.45) is 1.46. The average molecular weight is 387 g/mol. The molecule has 1 heterocycles. The summed E-state index contributed by atoms with van der Waals surface area (Å²) in [5.41, 5.74) is 2.48. The number of aryl methyl sites for hydroxylation is 1. The molecule has 0 atom stereocenters. The first-order valence-electron chi connectivity index (χ1n) is 8.55. The number of halogens is 1. The van der Waals surface area contributed by atoms with E-state index in [2.05, 4.69) is 10.1 Å². The molecule has 7 heteroatoms. The molecule has 3 rings (SSSR count). The van der Waals surface area contributed by atoms with E-state index in [4.69, 9.17) is 11.6 Å². The van der Waals surface area contributed by atoms with Crippen LogP contribution in [-0.2, 0) is 20.7 Å². The number of carbonyl (C=O) groups excluding carboxylic acids is 3. The van der Waals surface area contributed by atoms with Gasteiger partial charge in [-0.2, -0.15) is 0 Å². The maximum atomic E-state index is 12.6. The van der Waals surface area contributed by atoms with Gasteiger partial charge < -0.3 is 15.0 Å². The van der Waals surface area contributed by atoms with Crippen molar-refractivity contribution in [2.75, 3.05) is 23.9 Å². The number of nitrogens with one attached hydrogen (secondary N) is 1. The minimum absolute atomic E-state index is 0.258. The van der Waals surface area contributed by atoms with E-state index >= 15 is 0 Å². The maximum absolute atomic E-state index is 12.6. The fourth-order valence-corrected chi connectivity index (χ4v) is 3.25. The van der Waals surface area contributed by atoms with Crippen LogP contribution in [0.25, 0.3) is 0 Å². The Morgan fingerprint density at radius 1 is 1.19 bits per heavy atom. The SMILES string of the molecule is COC(=O)c1ccc(Cl)c(NC(=O)CC(=O)N2CCCc3ccccc32)c1. The highest BCUT2D eigenvalue weighted by Gasteiger charge is 2.24. The van der Waals surface area contributed by atoms with Crippen LogP contribution in [0.2, 0.25) is 5.02 Å². The number of esters is 1. The second kappa shape index (κ2) is 8.22. The van der Waals surface area contributed by atoms with E-state index in [-0.39, 0.29) is 28.6 Å². The predicted molar refractivity (Wildman–Crippen MR) is 103 cm³/mol. The van der Waals surface area contributed by atoms with Crippen LogP contribution in [0.1, 0.15) is 28.8 Å². The van der Waals surface area contributed by atoms with Crippen LogP contribution in [0.3, 0.4) is 0 Å². The van der Waals surface area contributed by atoms with E-state index in [0.717, 1.165) is 24.1 Å². The Bertz CT molecular complexity index is 897. The number of ether oxygens (including phenoxy) is 1. The number of rotatable bonds is 4. The van der Waals surface area contributed by atoms with Crippen molar-refractivity contribution in [3.63, 3.8) is 0 Å². The summed E-state index contributed by atoms with van der Waals surface area (Å²) in [4.78, 5) is 38.2. The summed E-state index contributed by atoms with van der Waals surface area (Å²) >= 11 is 6.08. The van der Waals surface area contributed by atoms with E-state index in [1.165, 1.54) is 25.3 Å². The highest BCUT2D eigenvalue weighted by molar-refractivity contribution is 6.34. The van der Waals surface area contributed by atoms with Crippen molar-refractivity contribution in [3.05, 3.63) is 58.6 Å². The predicted octanol–water partition coefficient (Wildman–Crippen LogP) is 3.43. The molecule has 27 heavy (non-hydrogen) atoms. The normalized spacial score (nSPS) is 12.9. The molecule has 2 amide bonds. The molecule has 0 saturated heterocycles. The second-order valence-corrected chi connectivity index (χ2v) is 6.60. The molecular weight excluding hydrogens is 368 g/mol. The molecule has 0 aliphatic carbocycles. The molecule has 0 unspecified atom stereocenters. The number of hydrogen-bond donors (Lipinski definition) is 1. The van der Waals surface area contributed by atoms with Gasteiger partial charge in [0.25, 0.3) is 0 Å². The zero-order valence-electron chi connectivity index (χ0n) is 14.8. The van der Waals surface area contributed by atoms with Gasteiger partial charge in [0.1, 0.15) is 6.42 Å². The lowest BCUT2D eigenvalue weighted by Gasteiger charge is -2.29. The molecule has 1 aliphatic rings. The van der Waals surface area contributed by atoms with Gasteiger partial charge in [0.05, 0.1) is 23.4 Å². The molecule has 1 aliphatic heterocycles. The van der Waals surface area contributed by atoms with Gasteiger partial charge in [0.2, 0.25) is 11.8 Å². The number of anilines is 2. The van der Waals surface area contributed by atoms with Gasteiger partial charge in [-0.1, -0.05) is 29.8 Å². The zero-order chi connectivity index (χ0) is 19.4. The number of nitrogens with zero attached hydrogens (tertiary/aromatic N) is 1. The summed E-state index contributed by atoms with van der Waals surface area (Å²) in [7, 11) is 1.27. The second-order valence-electron chi connectivity index (χ2n) is 6.19. The molecule has 0 radical (unpaired) electrons. The molecule has 1 N–H and O–H groups in total. The van der Waals surface area contributed by atoms with Crippen LogP contribution in [0.15, 0.2) is 42.5 Å². The third kappa shape index (κ3) is 4.28. The van der Waals surface area contributed by atoms with Gasteiger partial charge in [0, 0.05) is 12.2 Å². The van der Waals surface area contributed by atoms with Gasteiger partial charge >= 0.3 is 5.97 Å². The first-order chi connectivity index (χ1) is 13.0. The fraction of sp³-hybridized carbons (Fsp3) is 0.250. The Morgan fingerprint density at radius 3 is 2.74 bits per heavy atom. The van der Waals surface area contributed by atoms with Gasteiger partial charge in [-0.25, -0.2) is 4.79 Å². The maximum Gasteiger partial charge on any atom is 0.337 e. The number of fused-ring (bicyclic) bond motifs is 1. The number of benzene rings is 2. The Kier molecular flexibility index (Phi) is 5.76. The summed E-state index contributed by atoms with van der Waals surface area (Å²) in [5, 5.41) is 2.87. The van der Waals surface area contributed by atoms with Crippen molar-refractivity contribution in [2.24, 2.45) is 0 Å². The Balaban J connectivity index is 1.70. The summed E-state index contributed by atoms with van der Waals surface area (Å²) in [6.45, 7) is 0.585. The summed E-state index contributed by atoms with van der Waals surface area (Å²) in [5.74, 6) is -1.31. The molecule has 0 bridgehead atoms. The van der Waals surface area contributed by atoms with Gasteiger partial charge in [-0.05, 0) is 42.7 Å². The van der Waals surface area contributed by atoms with Crippen LogP contribution in [0.5, 0.6) is 0 Å². The standard InChI is InChI=1S/C20H19ClN2O4/c1-27-20(26)14-8-9-15(21)16(11-14)22-18(24)12-19(25)23-10-4-6-13-5-2-3-7-17(13)23/h2-3,5,7-9,11H,4,6,10,12H2,1H3,(H,22,24). The topological polar surface area (TPSA) is 75.7 Å². The molecule has 0 fully saturated rings. The van der Waals surface area contributed by atoms with Gasteiger partial charge in [-0.3, -0.25) is 9.59 Å². The van der Waals surface area contributed by atoms with Crippen molar-refractivity contribution in [1.82, 2.24) is 0 Å². The summed E-state index contributed by atoms with van der Waals surface area (Å²) in [6, 6.07) is 12.1. The molecule has 2 aromatic rings. The van der Waals surface area contributed by atoms with E-state index in [9.17, 15) is 14.4 Å². The zero-order valence-corrected chi connectivity index (χ0v) is 15.6. The number of para-hydroxylation sites is 1. The summed E-state index contributed by atoms with van der Waals surface area (Å²) < 4.78 is 4.66. The number of methoxy groups -OCH3 is 1. The van der Waals surface area contributed by atoms with Crippen LogP contribution in [-0.4, -0.2) is 31.4 Å². The molecule has 2 aromatic carbocycles. The number of carbonyl (C=O) groups is 3. The van der Waals surface area contributed by atoms with Crippen molar-refractivity contribution in [3.8, 4) is 0 Å². The lowest BCUT2D eigenvalue weighted by atomic mass is 10.0. The number of hydrogen-bond acceptors (Lipinski definition) is 4.